The number of fused-ring (bicyclic) bond motifs is 1. The van der Waals surface area contributed by atoms with Gasteiger partial charge in [0.25, 0.3) is 5.91 Å². The van der Waals surface area contributed by atoms with Crippen LogP contribution in [0.1, 0.15) is 13.8 Å². The van der Waals surface area contributed by atoms with Gasteiger partial charge in [0.1, 0.15) is 5.76 Å². The number of aliphatic hydroxyl groups is 1. The summed E-state index contributed by atoms with van der Waals surface area (Å²) in [6.45, 7) is 6.59. The standard InChI is InChI=1S/C18H19N5O3/c1-4-5-6-7-11(2)19-17(25)16(12(3)24)23-22-13-8-9-14-15(10-13)21-18(26)20-14/h4-10,24H,1H2,2-3H3,(H,19,25)(H2,20,21,26)/b6-5-,11-7+,16-12?,23-22?. The number of allylic oxidation sites excluding steroid dienone is 6. The number of aliphatic hydroxyl groups excluding tert-OH is 1. The largest absolute Gasteiger partial charge is 0.510 e. The molecule has 0 spiro atoms. The van der Waals surface area contributed by atoms with Crippen molar-refractivity contribution < 1.29 is 9.90 Å². The van der Waals surface area contributed by atoms with E-state index in [4.69, 9.17) is 0 Å². The summed E-state index contributed by atoms with van der Waals surface area (Å²) in [5, 5.41) is 20.1. The first-order valence-electron chi connectivity index (χ1n) is 7.71. The molecule has 1 aromatic carbocycles. The molecule has 1 heterocycles. The maximum atomic E-state index is 12.2. The average molecular weight is 353 g/mol. The van der Waals surface area contributed by atoms with E-state index in [1.807, 2.05) is 0 Å². The zero-order chi connectivity index (χ0) is 19.1. The molecule has 0 aliphatic heterocycles. The van der Waals surface area contributed by atoms with E-state index >= 15 is 0 Å². The number of carbonyl (C=O) groups is 1. The summed E-state index contributed by atoms with van der Waals surface area (Å²) in [7, 11) is 0. The Morgan fingerprint density at radius 1 is 1.23 bits per heavy atom. The highest BCUT2D eigenvalue weighted by Gasteiger charge is 2.13. The summed E-state index contributed by atoms with van der Waals surface area (Å²) in [5.74, 6) is -0.859. The number of hydrogen-bond donors (Lipinski definition) is 4. The quantitative estimate of drug-likeness (QED) is 0.275. The molecule has 0 unspecified atom stereocenters. The number of aromatic amines is 2. The van der Waals surface area contributed by atoms with Gasteiger partial charge in [-0.25, -0.2) is 4.79 Å². The fourth-order valence-electron chi connectivity index (χ4n) is 2.03. The summed E-state index contributed by atoms with van der Waals surface area (Å²) in [6.07, 6.45) is 6.71. The predicted octanol–water partition coefficient (Wildman–Crippen LogP) is 3.49. The number of benzene rings is 1. The zero-order valence-corrected chi connectivity index (χ0v) is 14.4. The molecule has 0 fully saturated rings. The highest BCUT2D eigenvalue weighted by atomic mass is 16.3. The first kappa shape index (κ1) is 18.7. The number of carbonyl (C=O) groups excluding carboxylic acids is 1. The molecule has 26 heavy (non-hydrogen) atoms. The molecular weight excluding hydrogens is 334 g/mol. The van der Waals surface area contributed by atoms with E-state index in [2.05, 4.69) is 32.1 Å². The van der Waals surface area contributed by atoms with Crippen LogP contribution in [0.15, 0.2) is 81.3 Å². The first-order chi connectivity index (χ1) is 12.4. The smallest absolute Gasteiger partial charge is 0.323 e. The molecule has 0 aliphatic rings. The van der Waals surface area contributed by atoms with E-state index in [-0.39, 0.29) is 17.1 Å². The van der Waals surface area contributed by atoms with Crippen LogP contribution in [0, 0.1) is 0 Å². The van der Waals surface area contributed by atoms with Crippen LogP contribution >= 0.6 is 0 Å². The van der Waals surface area contributed by atoms with Crippen LogP contribution in [0.2, 0.25) is 0 Å². The lowest BCUT2D eigenvalue weighted by molar-refractivity contribution is -0.117. The predicted molar refractivity (Wildman–Crippen MR) is 100 cm³/mol. The lowest BCUT2D eigenvalue weighted by Crippen LogP contribution is -2.23. The van der Waals surface area contributed by atoms with Crippen LogP contribution < -0.4 is 11.0 Å². The molecule has 8 heteroatoms. The Kier molecular flexibility index (Phi) is 6.05. The van der Waals surface area contributed by atoms with Gasteiger partial charge in [0.15, 0.2) is 5.70 Å². The third kappa shape index (κ3) is 4.91. The second-order valence-corrected chi connectivity index (χ2v) is 5.37. The molecular formula is C18H19N5O3. The topological polar surface area (TPSA) is 123 Å². The summed E-state index contributed by atoms with van der Waals surface area (Å²) < 4.78 is 0. The lowest BCUT2D eigenvalue weighted by Gasteiger charge is -2.05. The fraction of sp³-hybridized carbons (Fsp3) is 0.111. The van der Waals surface area contributed by atoms with Gasteiger partial charge in [0, 0.05) is 5.70 Å². The van der Waals surface area contributed by atoms with Crippen molar-refractivity contribution in [3.05, 3.63) is 76.7 Å². The van der Waals surface area contributed by atoms with E-state index in [1.54, 1.807) is 49.4 Å². The normalized spacial score (nSPS) is 13.4. The van der Waals surface area contributed by atoms with Crippen molar-refractivity contribution in [2.45, 2.75) is 13.8 Å². The molecule has 0 bridgehead atoms. The van der Waals surface area contributed by atoms with Gasteiger partial charge in [-0.05, 0) is 38.1 Å². The average Bonchev–Trinajstić information content (AvgIpc) is 2.94. The van der Waals surface area contributed by atoms with Crippen molar-refractivity contribution in [1.82, 2.24) is 15.3 Å². The van der Waals surface area contributed by atoms with Gasteiger partial charge in [0.2, 0.25) is 0 Å². The maximum Gasteiger partial charge on any atom is 0.323 e. The van der Waals surface area contributed by atoms with Crippen molar-refractivity contribution in [3.8, 4) is 0 Å². The van der Waals surface area contributed by atoms with Gasteiger partial charge in [-0.1, -0.05) is 24.8 Å². The van der Waals surface area contributed by atoms with E-state index in [0.29, 0.717) is 22.4 Å². The monoisotopic (exact) mass is 353 g/mol. The number of nitrogens with zero attached hydrogens (tertiary/aromatic N) is 2. The van der Waals surface area contributed by atoms with Crippen molar-refractivity contribution in [1.29, 1.82) is 0 Å². The first-order valence-corrected chi connectivity index (χ1v) is 7.71. The molecule has 1 amide bonds. The van der Waals surface area contributed by atoms with Crippen LogP contribution in [-0.2, 0) is 4.79 Å². The second-order valence-electron chi connectivity index (χ2n) is 5.37. The number of imidazole rings is 1. The van der Waals surface area contributed by atoms with Gasteiger partial charge >= 0.3 is 5.69 Å². The van der Waals surface area contributed by atoms with Crippen LogP contribution in [0.3, 0.4) is 0 Å². The minimum absolute atomic E-state index is 0.215. The minimum atomic E-state index is -0.592. The Hall–Kier alpha value is -3.68. The second kappa shape index (κ2) is 8.43. The van der Waals surface area contributed by atoms with Crippen LogP contribution in [0.4, 0.5) is 5.69 Å². The van der Waals surface area contributed by atoms with Crippen molar-refractivity contribution >= 4 is 22.6 Å². The Morgan fingerprint density at radius 3 is 2.65 bits per heavy atom. The molecule has 1 aromatic heterocycles. The van der Waals surface area contributed by atoms with Gasteiger partial charge in [0.05, 0.1) is 16.7 Å². The SMILES string of the molecule is C=C/C=C\C=C(/C)NC(=O)C(N=Nc1ccc2[nH]c(=O)[nH]c2c1)=C(C)O. The summed E-state index contributed by atoms with van der Waals surface area (Å²) in [6, 6.07) is 4.89. The van der Waals surface area contributed by atoms with Gasteiger partial charge in [-0.2, -0.15) is 5.11 Å². The molecule has 0 saturated heterocycles. The van der Waals surface area contributed by atoms with Gasteiger partial charge in [-0.3, -0.25) is 4.79 Å². The minimum Gasteiger partial charge on any atom is -0.510 e. The fourth-order valence-corrected chi connectivity index (χ4v) is 2.03. The Labute approximate surface area is 149 Å². The Balaban J connectivity index is 2.20. The van der Waals surface area contributed by atoms with Gasteiger partial charge in [-0.15, -0.1) is 5.11 Å². The number of azo groups is 1. The van der Waals surface area contributed by atoms with E-state index < -0.39 is 5.91 Å². The summed E-state index contributed by atoms with van der Waals surface area (Å²) in [4.78, 5) is 28.7. The van der Waals surface area contributed by atoms with Crippen molar-refractivity contribution in [2.24, 2.45) is 10.2 Å². The Morgan fingerprint density at radius 2 is 1.96 bits per heavy atom. The number of rotatable bonds is 6. The molecule has 2 aromatic rings. The number of amides is 1. The summed E-state index contributed by atoms with van der Waals surface area (Å²) >= 11 is 0. The number of nitrogens with one attached hydrogen (secondary N) is 3. The van der Waals surface area contributed by atoms with E-state index in [0.717, 1.165) is 0 Å². The third-order valence-corrected chi connectivity index (χ3v) is 3.23. The van der Waals surface area contributed by atoms with Crippen molar-refractivity contribution in [2.75, 3.05) is 0 Å². The van der Waals surface area contributed by atoms with Crippen LogP contribution in [0.5, 0.6) is 0 Å². The number of hydrogen-bond acceptors (Lipinski definition) is 5. The lowest BCUT2D eigenvalue weighted by atomic mass is 10.3. The molecule has 4 N–H and O–H groups in total. The van der Waals surface area contributed by atoms with Gasteiger partial charge < -0.3 is 20.4 Å². The molecule has 0 aliphatic carbocycles. The molecule has 2 rings (SSSR count). The molecule has 0 atom stereocenters. The zero-order valence-electron chi connectivity index (χ0n) is 14.4. The molecule has 0 saturated carbocycles. The third-order valence-electron chi connectivity index (χ3n) is 3.23. The molecule has 134 valence electrons. The highest BCUT2D eigenvalue weighted by Crippen LogP contribution is 2.19. The number of H-pyrrole nitrogens is 2. The van der Waals surface area contributed by atoms with Crippen LogP contribution in [0.25, 0.3) is 11.0 Å². The van der Waals surface area contributed by atoms with Crippen LogP contribution in [-0.4, -0.2) is 21.0 Å². The molecule has 8 nitrogen and oxygen atoms in total. The highest BCUT2D eigenvalue weighted by molar-refractivity contribution is 5.94. The number of aromatic nitrogens is 2. The van der Waals surface area contributed by atoms with E-state index in [1.165, 1.54) is 6.92 Å². The Bertz CT molecular complexity index is 1000. The van der Waals surface area contributed by atoms with E-state index in [9.17, 15) is 14.7 Å². The molecule has 0 radical (unpaired) electrons. The van der Waals surface area contributed by atoms with Crippen molar-refractivity contribution in [3.63, 3.8) is 0 Å². The summed E-state index contributed by atoms with van der Waals surface area (Å²) in [5.41, 5.74) is 1.64. The maximum absolute atomic E-state index is 12.2.